The fraction of sp³-hybridized carbons (Fsp3) is 0.538. The van der Waals surface area contributed by atoms with E-state index in [0.29, 0.717) is 16.6 Å². The maximum absolute atomic E-state index is 6.06. The summed E-state index contributed by atoms with van der Waals surface area (Å²) < 4.78 is 10.8. The van der Waals surface area contributed by atoms with E-state index >= 15 is 0 Å². The zero-order chi connectivity index (χ0) is 13.4. The maximum atomic E-state index is 6.06. The summed E-state index contributed by atoms with van der Waals surface area (Å²) in [6, 6.07) is 5.65. The lowest BCUT2D eigenvalue weighted by Crippen LogP contribution is -2.60. The van der Waals surface area contributed by atoms with Gasteiger partial charge in [-0.3, -0.25) is 0 Å². The van der Waals surface area contributed by atoms with Gasteiger partial charge in [-0.05, 0) is 17.7 Å². The second kappa shape index (κ2) is 4.99. The second-order valence-corrected chi connectivity index (χ2v) is 5.60. The fourth-order valence-corrected chi connectivity index (χ4v) is 2.94. The van der Waals surface area contributed by atoms with Crippen molar-refractivity contribution >= 4 is 23.2 Å². The summed E-state index contributed by atoms with van der Waals surface area (Å²) in [7, 11) is 3.30. The molecule has 0 aromatic heterocycles. The van der Waals surface area contributed by atoms with Crippen LogP contribution in [0.3, 0.4) is 0 Å². The van der Waals surface area contributed by atoms with Crippen LogP contribution in [-0.4, -0.2) is 26.6 Å². The first-order chi connectivity index (χ1) is 8.51. The first kappa shape index (κ1) is 14.1. The Morgan fingerprint density at radius 3 is 2.22 bits per heavy atom. The van der Waals surface area contributed by atoms with Gasteiger partial charge in [0.05, 0.1) is 10.0 Å². The summed E-state index contributed by atoms with van der Waals surface area (Å²) in [6.45, 7) is 0.527. The van der Waals surface area contributed by atoms with Gasteiger partial charge in [-0.15, -0.1) is 0 Å². The monoisotopic (exact) mass is 289 g/mol. The first-order valence-corrected chi connectivity index (χ1v) is 6.52. The molecule has 1 aromatic carbocycles. The van der Waals surface area contributed by atoms with Crippen molar-refractivity contribution in [3.05, 3.63) is 33.8 Å². The van der Waals surface area contributed by atoms with Crippen molar-refractivity contribution in [3.8, 4) is 0 Å². The van der Waals surface area contributed by atoms with Crippen molar-refractivity contribution < 1.29 is 9.47 Å². The summed E-state index contributed by atoms with van der Waals surface area (Å²) in [6.07, 6.45) is 1.45. The highest BCUT2D eigenvalue weighted by Crippen LogP contribution is 2.52. The molecule has 0 unspecified atom stereocenters. The Balaban J connectivity index is 2.28. The molecule has 0 atom stereocenters. The van der Waals surface area contributed by atoms with E-state index in [1.807, 2.05) is 12.1 Å². The van der Waals surface area contributed by atoms with Crippen LogP contribution in [0.5, 0.6) is 0 Å². The van der Waals surface area contributed by atoms with Crippen LogP contribution in [0.25, 0.3) is 0 Å². The highest BCUT2D eigenvalue weighted by Gasteiger charge is 2.56. The Morgan fingerprint density at radius 2 is 1.78 bits per heavy atom. The minimum absolute atomic E-state index is 0.139. The van der Waals surface area contributed by atoms with E-state index in [1.54, 1.807) is 20.3 Å². The van der Waals surface area contributed by atoms with Gasteiger partial charge in [0, 0.05) is 39.0 Å². The Hall–Kier alpha value is -0.320. The van der Waals surface area contributed by atoms with Gasteiger partial charge in [0.1, 0.15) is 0 Å². The van der Waals surface area contributed by atoms with E-state index in [-0.39, 0.29) is 5.41 Å². The average molecular weight is 290 g/mol. The van der Waals surface area contributed by atoms with E-state index in [4.69, 9.17) is 38.4 Å². The summed E-state index contributed by atoms with van der Waals surface area (Å²) in [5.41, 5.74) is 6.88. The normalized spacial score (nSPS) is 20.5. The van der Waals surface area contributed by atoms with Gasteiger partial charge in [-0.2, -0.15) is 0 Å². The van der Waals surface area contributed by atoms with Crippen molar-refractivity contribution in [3.63, 3.8) is 0 Å². The van der Waals surface area contributed by atoms with Crippen LogP contribution in [-0.2, 0) is 14.9 Å². The molecule has 1 fully saturated rings. The smallest absolute Gasteiger partial charge is 0.169 e. The summed E-state index contributed by atoms with van der Waals surface area (Å²) in [5, 5.41) is 1.10. The van der Waals surface area contributed by atoms with Crippen LogP contribution in [0.2, 0.25) is 10.0 Å². The number of hydrogen-bond acceptors (Lipinski definition) is 3. The molecular weight excluding hydrogens is 273 g/mol. The van der Waals surface area contributed by atoms with Crippen molar-refractivity contribution in [2.75, 3.05) is 20.8 Å². The molecule has 2 N–H and O–H groups in total. The third-order valence-electron chi connectivity index (χ3n) is 3.88. The first-order valence-electron chi connectivity index (χ1n) is 5.77. The third kappa shape index (κ3) is 2.15. The predicted molar refractivity (Wildman–Crippen MR) is 73.2 cm³/mol. The van der Waals surface area contributed by atoms with Crippen molar-refractivity contribution in [2.24, 2.45) is 5.73 Å². The van der Waals surface area contributed by atoms with Gasteiger partial charge in [0.25, 0.3) is 0 Å². The Bertz CT molecular complexity index is 439. The van der Waals surface area contributed by atoms with Gasteiger partial charge < -0.3 is 15.2 Å². The quantitative estimate of drug-likeness (QED) is 0.867. The molecule has 5 heteroatoms. The molecule has 1 aliphatic carbocycles. The SMILES string of the molecule is COC1(OC)CC(CN)(c2ccc(Cl)c(Cl)c2)C1. The second-order valence-electron chi connectivity index (χ2n) is 4.79. The van der Waals surface area contributed by atoms with E-state index in [9.17, 15) is 0 Å². The molecule has 0 radical (unpaired) electrons. The number of hydrogen-bond donors (Lipinski definition) is 1. The van der Waals surface area contributed by atoms with Gasteiger partial charge in [-0.25, -0.2) is 0 Å². The summed E-state index contributed by atoms with van der Waals surface area (Å²) >= 11 is 12.0. The largest absolute Gasteiger partial charge is 0.353 e. The predicted octanol–water partition coefficient (Wildman–Crippen LogP) is 2.97. The molecule has 0 spiro atoms. The number of halogens is 2. The average Bonchev–Trinajstić information content (AvgIpc) is 2.34. The highest BCUT2D eigenvalue weighted by molar-refractivity contribution is 6.42. The lowest BCUT2D eigenvalue weighted by atomic mass is 9.60. The molecule has 18 heavy (non-hydrogen) atoms. The molecule has 0 saturated heterocycles. The zero-order valence-corrected chi connectivity index (χ0v) is 12.0. The van der Waals surface area contributed by atoms with Gasteiger partial charge >= 0.3 is 0 Å². The molecule has 0 amide bonds. The van der Waals surface area contributed by atoms with Gasteiger partial charge in [0.2, 0.25) is 0 Å². The van der Waals surface area contributed by atoms with Crippen LogP contribution < -0.4 is 5.73 Å². The number of methoxy groups -OCH3 is 2. The minimum atomic E-state index is -0.522. The molecule has 0 heterocycles. The number of ether oxygens (including phenoxy) is 2. The molecular formula is C13H17Cl2NO2. The zero-order valence-electron chi connectivity index (χ0n) is 10.5. The molecule has 3 nitrogen and oxygen atoms in total. The highest BCUT2D eigenvalue weighted by atomic mass is 35.5. The fourth-order valence-electron chi connectivity index (χ4n) is 2.64. The lowest BCUT2D eigenvalue weighted by Gasteiger charge is -2.54. The maximum Gasteiger partial charge on any atom is 0.169 e. The van der Waals surface area contributed by atoms with Crippen LogP contribution >= 0.6 is 23.2 Å². The summed E-state index contributed by atoms with van der Waals surface area (Å²) in [4.78, 5) is 0. The Labute approximate surface area is 117 Å². The van der Waals surface area contributed by atoms with Gasteiger partial charge in [-0.1, -0.05) is 29.3 Å². The molecule has 1 saturated carbocycles. The molecule has 0 bridgehead atoms. The standard InChI is InChI=1S/C13H17Cl2NO2/c1-17-13(18-2)6-12(7-13,8-16)9-3-4-10(14)11(15)5-9/h3-5H,6-8,16H2,1-2H3. The number of nitrogens with two attached hydrogens (primary N) is 1. The number of benzene rings is 1. The molecule has 0 aliphatic heterocycles. The van der Waals surface area contributed by atoms with Crippen LogP contribution in [0.4, 0.5) is 0 Å². The minimum Gasteiger partial charge on any atom is -0.353 e. The van der Waals surface area contributed by atoms with E-state index in [2.05, 4.69) is 0 Å². The Morgan fingerprint density at radius 1 is 1.17 bits per heavy atom. The van der Waals surface area contributed by atoms with E-state index in [0.717, 1.165) is 18.4 Å². The Kier molecular flexibility index (Phi) is 3.90. The molecule has 1 aromatic rings. The topological polar surface area (TPSA) is 44.5 Å². The van der Waals surface area contributed by atoms with Crippen molar-refractivity contribution in [2.45, 2.75) is 24.0 Å². The van der Waals surface area contributed by atoms with Gasteiger partial charge in [0.15, 0.2) is 5.79 Å². The van der Waals surface area contributed by atoms with Crippen molar-refractivity contribution in [1.82, 2.24) is 0 Å². The van der Waals surface area contributed by atoms with Crippen LogP contribution in [0.15, 0.2) is 18.2 Å². The van der Waals surface area contributed by atoms with E-state index < -0.39 is 5.79 Å². The molecule has 100 valence electrons. The van der Waals surface area contributed by atoms with Crippen LogP contribution in [0.1, 0.15) is 18.4 Å². The van der Waals surface area contributed by atoms with E-state index in [1.165, 1.54) is 0 Å². The summed E-state index contributed by atoms with van der Waals surface area (Å²) in [5.74, 6) is -0.522. The molecule has 1 aliphatic rings. The lowest BCUT2D eigenvalue weighted by molar-refractivity contribution is -0.277. The number of rotatable bonds is 4. The molecule has 2 rings (SSSR count). The van der Waals surface area contributed by atoms with Crippen molar-refractivity contribution in [1.29, 1.82) is 0 Å². The van der Waals surface area contributed by atoms with Crippen LogP contribution in [0, 0.1) is 0 Å². The third-order valence-corrected chi connectivity index (χ3v) is 4.62.